The minimum absolute atomic E-state index is 0.0786. The Labute approximate surface area is 87.3 Å². The van der Waals surface area contributed by atoms with Crippen molar-refractivity contribution < 1.29 is 13.2 Å². The monoisotopic (exact) mass is 217 g/mol. The Hall–Kier alpha value is -1.06. The average molecular weight is 217 g/mol. The number of hydrogen-bond acceptors (Lipinski definition) is 1. The van der Waals surface area contributed by atoms with E-state index < -0.39 is 12.6 Å². The Morgan fingerprint density at radius 3 is 2.27 bits per heavy atom. The van der Waals surface area contributed by atoms with Gasteiger partial charge in [-0.05, 0) is 23.1 Å². The van der Waals surface area contributed by atoms with Crippen LogP contribution >= 0.6 is 0 Å². The highest BCUT2D eigenvalue weighted by Crippen LogP contribution is 2.25. The fraction of sp³-hybridized carbons (Fsp3) is 0.545. The van der Waals surface area contributed by atoms with E-state index in [1.807, 2.05) is 20.8 Å². The molecule has 0 aliphatic carbocycles. The highest BCUT2D eigenvalue weighted by atomic mass is 19.4. The first-order chi connectivity index (χ1) is 6.68. The summed E-state index contributed by atoms with van der Waals surface area (Å²) in [7, 11) is 0. The Bertz CT molecular complexity index is 336. The van der Waals surface area contributed by atoms with Crippen LogP contribution in [0.15, 0.2) is 18.3 Å². The van der Waals surface area contributed by atoms with Gasteiger partial charge in [0.05, 0.1) is 6.42 Å². The molecule has 1 heterocycles. The normalized spacial score (nSPS) is 12.9. The topological polar surface area (TPSA) is 12.9 Å². The van der Waals surface area contributed by atoms with Crippen molar-refractivity contribution in [2.45, 2.75) is 38.8 Å². The quantitative estimate of drug-likeness (QED) is 0.701. The van der Waals surface area contributed by atoms with E-state index in [2.05, 4.69) is 4.98 Å². The van der Waals surface area contributed by atoms with Gasteiger partial charge in [-0.2, -0.15) is 13.2 Å². The average Bonchev–Trinajstić information content (AvgIpc) is 1.99. The van der Waals surface area contributed by atoms with E-state index in [1.165, 1.54) is 12.3 Å². The first-order valence-corrected chi connectivity index (χ1v) is 4.71. The molecule has 0 bridgehead atoms. The highest BCUT2D eigenvalue weighted by molar-refractivity contribution is 5.23. The molecule has 0 aliphatic heterocycles. The van der Waals surface area contributed by atoms with Crippen LogP contribution < -0.4 is 0 Å². The molecular weight excluding hydrogens is 203 g/mol. The van der Waals surface area contributed by atoms with Crippen LogP contribution in [0.5, 0.6) is 0 Å². The molecule has 4 heteroatoms. The van der Waals surface area contributed by atoms with Gasteiger partial charge in [-0.15, -0.1) is 0 Å². The number of rotatable bonds is 1. The van der Waals surface area contributed by atoms with Gasteiger partial charge in [0.15, 0.2) is 0 Å². The molecule has 0 unspecified atom stereocenters. The van der Waals surface area contributed by atoms with Crippen molar-refractivity contribution in [3.8, 4) is 0 Å². The van der Waals surface area contributed by atoms with Gasteiger partial charge in [0, 0.05) is 11.9 Å². The summed E-state index contributed by atoms with van der Waals surface area (Å²) in [6.07, 6.45) is -3.72. The van der Waals surface area contributed by atoms with E-state index in [9.17, 15) is 13.2 Å². The van der Waals surface area contributed by atoms with Crippen LogP contribution in [0.25, 0.3) is 0 Å². The number of aromatic nitrogens is 1. The second kappa shape index (κ2) is 3.83. The van der Waals surface area contributed by atoms with Gasteiger partial charge in [-0.1, -0.05) is 20.8 Å². The minimum Gasteiger partial charge on any atom is -0.261 e. The van der Waals surface area contributed by atoms with Crippen LogP contribution in [0.4, 0.5) is 13.2 Å². The van der Waals surface area contributed by atoms with Crippen molar-refractivity contribution in [3.63, 3.8) is 0 Å². The van der Waals surface area contributed by atoms with Gasteiger partial charge in [-0.25, -0.2) is 0 Å². The summed E-state index contributed by atoms with van der Waals surface area (Å²) in [4.78, 5) is 3.72. The predicted molar refractivity (Wildman–Crippen MR) is 52.7 cm³/mol. The smallest absolute Gasteiger partial charge is 0.261 e. The molecule has 15 heavy (non-hydrogen) atoms. The van der Waals surface area contributed by atoms with Gasteiger partial charge in [-0.3, -0.25) is 4.98 Å². The maximum atomic E-state index is 12.1. The van der Waals surface area contributed by atoms with Crippen molar-refractivity contribution in [1.82, 2.24) is 4.98 Å². The molecule has 0 amide bonds. The van der Waals surface area contributed by atoms with Gasteiger partial charge < -0.3 is 0 Å². The van der Waals surface area contributed by atoms with Crippen LogP contribution in [-0.4, -0.2) is 11.2 Å². The lowest BCUT2D eigenvalue weighted by atomic mass is 9.87. The Balaban J connectivity index is 2.94. The summed E-state index contributed by atoms with van der Waals surface area (Å²) in [5.74, 6) is 0. The minimum atomic E-state index is -4.19. The molecule has 1 aromatic rings. The molecule has 1 rings (SSSR count). The maximum absolute atomic E-state index is 12.1. The summed E-state index contributed by atoms with van der Waals surface area (Å²) in [6.45, 7) is 5.87. The van der Waals surface area contributed by atoms with Crippen LogP contribution in [0.3, 0.4) is 0 Å². The van der Waals surface area contributed by atoms with Crippen LogP contribution in [-0.2, 0) is 11.8 Å². The van der Waals surface area contributed by atoms with E-state index in [0.29, 0.717) is 0 Å². The molecule has 1 nitrogen and oxygen atoms in total. The molecular formula is C11H14F3N. The third-order valence-electron chi connectivity index (χ3n) is 2.06. The third-order valence-corrected chi connectivity index (χ3v) is 2.06. The molecule has 0 saturated heterocycles. The van der Waals surface area contributed by atoms with E-state index in [0.717, 1.165) is 5.56 Å². The fourth-order valence-electron chi connectivity index (χ4n) is 1.25. The van der Waals surface area contributed by atoms with Crippen molar-refractivity contribution in [2.24, 2.45) is 0 Å². The van der Waals surface area contributed by atoms with E-state index in [4.69, 9.17) is 0 Å². The lowest BCUT2D eigenvalue weighted by molar-refractivity contribution is -0.127. The van der Waals surface area contributed by atoms with Crippen LogP contribution in [0.2, 0.25) is 0 Å². The van der Waals surface area contributed by atoms with Crippen molar-refractivity contribution in [3.05, 3.63) is 29.6 Å². The standard InChI is InChI=1S/C11H14F3N/c1-10(2,3)8-4-5-15-9(6-8)7-11(12,13)14/h4-6H,7H2,1-3H3. The lowest BCUT2D eigenvalue weighted by Crippen LogP contribution is -2.15. The largest absolute Gasteiger partial charge is 0.394 e. The van der Waals surface area contributed by atoms with E-state index >= 15 is 0 Å². The van der Waals surface area contributed by atoms with Crippen LogP contribution in [0.1, 0.15) is 32.0 Å². The first kappa shape index (κ1) is 12.0. The van der Waals surface area contributed by atoms with Crippen LogP contribution in [0, 0.1) is 0 Å². The number of pyridine rings is 1. The zero-order valence-electron chi connectivity index (χ0n) is 9.02. The summed E-state index contributed by atoms with van der Waals surface area (Å²) in [5, 5.41) is 0. The molecule has 0 saturated carbocycles. The summed E-state index contributed by atoms with van der Waals surface area (Å²) >= 11 is 0. The van der Waals surface area contributed by atoms with Gasteiger partial charge >= 0.3 is 6.18 Å². The second-order valence-corrected chi connectivity index (χ2v) is 4.58. The maximum Gasteiger partial charge on any atom is 0.394 e. The molecule has 0 radical (unpaired) electrons. The molecule has 0 aliphatic rings. The Morgan fingerprint density at radius 1 is 1.20 bits per heavy atom. The zero-order chi connectivity index (χ0) is 11.7. The molecule has 84 valence electrons. The predicted octanol–water partition coefficient (Wildman–Crippen LogP) is 3.48. The number of nitrogens with zero attached hydrogens (tertiary/aromatic N) is 1. The third kappa shape index (κ3) is 3.90. The van der Waals surface area contributed by atoms with Crippen molar-refractivity contribution in [1.29, 1.82) is 0 Å². The van der Waals surface area contributed by atoms with Gasteiger partial charge in [0.2, 0.25) is 0 Å². The Morgan fingerprint density at radius 2 is 1.80 bits per heavy atom. The Kier molecular flexibility index (Phi) is 3.07. The fourth-order valence-corrected chi connectivity index (χ4v) is 1.25. The molecule has 0 atom stereocenters. The van der Waals surface area contributed by atoms with Crippen molar-refractivity contribution in [2.75, 3.05) is 0 Å². The lowest BCUT2D eigenvalue weighted by Gasteiger charge is -2.19. The number of halogens is 3. The molecule has 1 aromatic heterocycles. The molecule has 0 fully saturated rings. The summed E-state index contributed by atoms with van der Waals surface area (Å²) < 4.78 is 36.4. The first-order valence-electron chi connectivity index (χ1n) is 4.71. The van der Waals surface area contributed by atoms with Gasteiger partial charge in [0.1, 0.15) is 0 Å². The summed E-state index contributed by atoms with van der Waals surface area (Å²) in [6, 6.07) is 3.27. The van der Waals surface area contributed by atoms with E-state index in [-0.39, 0.29) is 11.1 Å². The number of hydrogen-bond donors (Lipinski definition) is 0. The van der Waals surface area contributed by atoms with Gasteiger partial charge in [0.25, 0.3) is 0 Å². The van der Waals surface area contributed by atoms with E-state index in [1.54, 1.807) is 6.07 Å². The SMILES string of the molecule is CC(C)(C)c1ccnc(CC(F)(F)F)c1. The molecule has 0 aromatic carbocycles. The number of alkyl halides is 3. The van der Waals surface area contributed by atoms with Crippen molar-refractivity contribution >= 4 is 0 Å². The highest BCUT2D eigenvalue weighted by Gasteiger charge is 2.28. The molecule has 0 N–H and O–H groups in total. The zero-order valence-corrected chi connectivity index (χ0v) is 9.02. The molecule has 0 spiro atoms. The second-order valence-electron chi connectivity index (χ2n) is 4.58. The summed E-state index contributed by atoms with van der Waals surface area (Å²) in [5.41, 5.74) is 0.801.